The first kappa shape index (κ1) is 13.4. The third kappa shape index (κ3) is 2.71. The molecule has 3 heteroatoms. The number of nitriles is 1. The average Bonchev–Trinajstić information content (AvgIpc) is 2.32. The quantitative estimate of drug-likeness (QED) is 0.732. The van der Waals surface area contributed by atoms with Crippen molar-refractivity contribution in [2.24, 2.45) is 5.92 Å². The van der Waals surface area contributed by atoms with Crippen molar-refractivity contribution in [3.63, 3.8) is 0 Å². The summed E-state index contributed by atoms with van der Waals surface area (Å²) in [6.07, 6.45) is 1.62. The summed E-state index contributed by atoms with van der Waals surface area (Å²) in [7, 11) is 0. The van der Waals surface area contributed by atoms with E-state index in [4.69, 9.17) is 0 Å². The fourth-order valence-corrected chi connectivity index (χ4v) is 2.05. The summed E-state index contributed by atoms with van der Waals surface area (Å²) in [6.45, 7) is 3.88. The molecule has 1 atom stereocenters. The molecule has 0 aromatic heterocycles. The van der Waals surface area contributed by atoms with E-state index in [1.54, 1.807) is 12.1 Å². The van der Waals surface area contributed by atoms with Crippen LogP contribution in [0.4, 0.5) is 4.39 Å². The van der Waals surface area contributed by atoms with E-state index in [0.717, 1.165) is 11.8 Å². The molecule has 0 fully saturated rings. The number of carbonyl (C=O) groups is 1. The van der Waals surface area contributed by atoms with Crippen LogP contribution in [0.25, 0.3) is 0 Å². The predicted octanol–water partition coefficient (Wildman–Crippen LogP) is 3.22. The largest absolute Gasteiger partial charge is 0.303 e. The molecular weight excluding hydrogens is 217 g/mol. The molecule has 2 nitrogen and oxygen atoms in total. The fourth-order valence-electron chi connectivity index (χ4n) is 2.05. The summed E-state index contributed by atoms with van der Waals surface area (Å²) in [5.74, 6) is -0.252. The van der Waals surface area contributed by atoms with Gasteiger partial charge in [-0.25, -0.2) is 4.39 Å². The zero-order valence-electron chi connectivity index (χ0n) is 10.1. The van der Waals surface area contributed by atoms with E-state index in [0.29, 0.717) is 12.8 Å². The lowest BCUT2D eigenvalue weighted by Crippen LogP contribution is -2.30. The van der Waals surface area contributed by atoms with Crippen LogP contribution in [0.15, 0.2) is 24.3 Å². The Morgan fingerprint density at radius 2 is 2.00 bits per heavy atom. The molecule has 0 spiro atoms. The van der Waals surface area contributed by atoms with Crippen LogP contribution < -0.4 is 0 Å². The van der Waals surface area contributed by atoms with Gasteiger partial charge in [0, 0.05) is 6.42 Å². The van der Waals surface area contributed by atoms with Gasteiger partial charge in [-0.05, 0) is 30.0 Å². The number of hydrogen-bond donors (Lipinski definition) is 0. The third-order valence-electron chi connectivity index (χ3n) is 3.20. The summed E-state index contributed by atoms with van der Waals surface area (Å²) in [5.41, 5.74) is 0.0625. The highest BCUT2D eigenvalue weighted by Gasteiger charge is 2.35. The Hall–Kier alpha value is -1.69. The molecule has 0 saturated carbocycles. The van der Waals surface area contributed by atoms with Crippen LogP contribution in [0.1, 0.15) is 32.3 Å². The Bertz CT molecular complexity index is 419. The van der Waals surface area contributed by atoms with Gasteiger partial charge in [-0.3, -0.25) is 0 Å². The molecule has 0 N–H and O–H groups in total. The third-order valence-corrected chi connectivity index (χ3v) is 3.20. The maximum atomic E-state index is 12.9. The van der Waals surface area contributed by atoms with E-state index in [1.165, 1.54) is 12.1 Å². The maximum absolute atomic E-state index is 12.9. The van der Waals surface area contributed by atoms with Crippen LogP contribution in [0.5, 0.6) is 0 Å². The first-order chi connectivity index (χ1) is 8.06. The number of nitrogens with zero attached hydrogens (tertiary/aromatic N) is 1. The first-order valence-corrected chi connectivity index (χ1v) is 5.67. The smallest absolute Gasteiger partial charge is 0.123 e. The fraction of sp³-hybridized carbons (Fsp3) is 0.429. The molecule has 0 amide bonds. The van der Waals surface area contributed by atoms with Gasteiger partial charge in [0.1, 0.15) is 12.1 Å². The lowest BCUT2D eigenvalue weighted by molar-refractivity contribution is -0.108. The number of benzene rings is 1. The van der Waals surface area contributed by atoms with Gasteiger partial charge >= 0.3 is 0 Å². The number of hydrogen-bond acceptors (Lipinski definition) is 2. The topological polar surface area (TPSA) is 40.9 Å². The van der Waals surface area contributed by atoms with E-state index in [-0.39, 0.29) is 11.7 Å². The Morgan fingerprint density at radius 1 is 1.41 bits per heavy atom. The maximum Gasteiger partial charge on any atom is 0.123 e. The highest BCUT2D eigenvalue weighted by atomic mass is 19.1. The van der Waals surface area contributed by atoms with Crippen LogP contribution in [-0.4, -0.2) is 6.29 Å². The molecule has 1 unspecified atom stereocenters. The van der Waals surface area contributed by atoms with E-state index in [2.05, 4.69) is 6.07 Å². The van der Waals surface area contributed by atoms with Gasteiger partial charge in [-0.15, -0.1) is 0 Å². The molecule has 0 aliphatic heterocycles. The summed E-state index contributed by atoms with van der Waals surface area (Å²) >= 11 is 0. The van der Waals surface area contributed by atoms with E-state index < -0.39 is 5.41 Å². The summed E-state index contributed by atoms with van der Waals surface area (Å²) in [5, 5.41) is 9.44. The van der Waals surface area contributed by atoms with Crippen molar-refractivity contribution in [1.82, 2.24) is 0 Å². The minimum absolute atomic E-state index is 0.0675. The minimum Gasteiger partial charge on any atom is -0.303 e. The molecule has 0 radical (unpaired) electrons. The normalized spacial score (nSPS) is 14.1. The molecule has 90 valence electrons. The second-order valence-corrected chi connectivity index (χ2v) is 4.45. The Labute approximate surface area is 101 Å². The zero-order chi connectivity index (χ0) is 12.9. The lowest BCUT2D eigenvalue weighted by atomic mass is 9.70. The second kappa shape index (κ2) is 5.58. The molecule has 0 heterocycles. The lowest BCUT2D eigenvalue weighted by Gasteiger charge is -2.30. The number of halogens is 1. The van der Waals surface area contributed by atoms with Gasteiger partial charge in [0.2, 0.25) is 0 Å². The first-order valence-electron chi connectivity index (χ1n) is 5.67. The number of aldehydes is 1. The summed E-state index contributed by atoms with van der Waals surface area (Å²) < 4.78 is 12.9. The van der Waals surface area contributed by atoms with Gasteiger partial charge in [0.05, 0.1) is 11.5 Å². The van der Waals surface area contributed by atoms with Gasteiger partial charge in [-0.2, -0.15) is 5.26 Å². The van der Waals surface area contributed by atoms with Gasteiger partial charge < -0.3 is 4.79 Å². The molecule has 0 aliphatic rings. The van der Waals surface area contributed by atoms with Crippen LogP contribution in [-0.2, 0) is 10.2 Å². The molecule has 17 heavy (non-hydrogen) atoms. The molecule has 1 rings (SSSR count). The van der Waals surface area contributed by atoms with Crippen molar-refractivity contribution in [3.05, 3.63) is 35.6 Å². The average molecular weight is 233 g/mol. The van der Waals surface area contributed by atoms with Crippen molar-refractivity contribution in [3.8, 4) is 6.07 Å². The molecule has 1 aromatic carbocycles. The van der Waals surface area contributed by atoms with Gasteiger partial charge in [-0.1, -0.05) is 26.0 Å². The van der Waals surface area contributed by atoms with Crippen LogP contribution in [0, 0.1) is 23.1 Å². The molecular formula is C14H16FNO. The van der Waals surface area contributed by atoms with Crippen molar-refractivity contribution >= 4 is 6.29 Å². The zero-order valence-corrected chi connectivity index (χ0v) is 10.1. The number of carbonyl (C=O) groups excluding carboxylic acids is 1. The van der Waals surface area contributed by atoms with Gasteiger partial charge in [0.25, 0.3) is 0 Å². The molecule has 0 saturated heterocycles. The van der Waals surface area contributed by atoms with Crippen LogP contribution in [0.2, 0.25) is 0 Å². The van der Waals surface area contributed by atoms with E-state index in [1.807, 2.05) is 13.8 Å². The highest BCUT2D eigenvalue weighted by molar-refractivity contribution is 5.50. The van der Waals surface area contributed by atoms with Crippen molar-refractivity contribution in [2.45, 2.75) is 32.1 Å². The monoisotopic (exact) mass is 233 g/mol. The Balaban J connectivity index is 3.17. The summed E-state index contributed by atoms with van der Waals surface area (Å²) in [4.78, 5) is 10.5. The summed E-state index contributed by atoms with van der Waals surface area (Å²) in [6, 6.07) is 8.26. The van der Waals surface area contributed by atoms with Crippen molar-refractivity contribution in [2.75, 3.05) is 0 Å². The van der Waals surface area contributed by atoms with Crippen molar-refractivity contribution in [1.29, 1.82) is 5.26 Å². The van der Waals surface area contributed by atoms with Crippen molar-refractivity contribution < 1.29 is 9.18 Å². The second-order valence-electron chi connectivity index (χ2n) is 4.45. The minimum atomic E-state index is -0.714. The number of rotatable bonds is 5. The molecule has 0 bridgehead atoms. The predicted molar refractivity (Wildman–Crippen MR) is 63.8 cm³/mol. The van der Waals surface area contributed by atoms with Crippen LogP contribution >= 0.6 is 0 Å². The molecule has 1 aromatic rings. The van der Waals surface area contributed by atoms with Gasteiger partial charge in [0.15, 0.2) is 0 Å². The Morgan fingerprint density at radius 3 is 2.41 bits per heavy atom. The highest BCUT2D eigenvalue weighted by Crippen LogP contribution is 2.36. The van der Waals surface area contributed by atoms with Crippen LogP contribution in [0.3, 0.4) is 0 Å². The van der Waals surface area contributed by atoms with E-state index >= 15 is 0 Å². The SMILES string of the molecule is CC(C)C(C#N)(CCC=O)c1ccc(F)cc1. The van der Waals surface area contributed by atoms with E-state index in [9.17, 15) is 14.4 Å². The Kier molecular flexibility index (Phi) is 4.39. The standard InChI is InChI=1S/C14H16FNO/c1-11(2)14(10-16,8-3-9-17)12-4-6-13(15)7-5-12/h4-7,9,11H,3,8H2,1-2H3. The molecule has 0 aliphatic carbocycles.